The number of hydrogen-bond donors (Lipinski definition) is 4. The van der Waals surface area contributed by atoms with Crippen LogP contribution >= 0.6 is 0 Å². The second kappa shape index (κ2) is 5.20. The van der Waals surface area contributed by atoms with Crippen LogP contribution in [0.25, 0.3) is 0 Å². The summed E-state index contributed by atoms with van der Waals surface area (Å²) in [6, 6.07) is 2.27. The SMILES string of the molecule is NCCC(O)C(O)c1ccc(N)c(F)c1F. The van der Waals surface area contributed by atoms with Crippen LogP contribution in [-0.4, -0.2) is 22.9 Å². The first-order valence-electron chi connectivity index (χ1n) is 4.78. The monoisotopic (exact) mass is 232 g/mol. The van der Waals surface area contributed by atoms with Crippen molar-refractivity contribution in [2.24, 2.45) is 5.73 Å². The molecule has 0 spiro atoms. The molecule has 0 amide bonds. The van der Waals surface area contributed by atoms with E-state index in [0.29, 0.717) is 0 Å². The molecule has 0 aliphatic heterocycles. The maximum Gasteiger partial charge on any atom is 0.182 e. The van der Waals surface area contributed by atoms with Crippen molar-refractivity contribution >= 4 is 5.69 Å². The number of rotatable bonds is 4. The fraction of sp³-hybridized carbons (Fsp3) is 0.400. The zero-order valence-corrected chi connectivity index (χ0v) is 8.53. The second-order valence-electron chi connectivity index (χ2n) is 3.46. The van der Waals surface area contributed by atoms with E-state index in [1.165, 1.54) is 0 Å². The summed E-state index contributed by atoms with van der Waals surface area (Å²) in [5.74, 6) is -2.47. The quantitative estimate of drug-likeness (QED) is 0.561. The molecule has 2 atom stereocenters. The maximum atomic E-state index is 13.4. The van der Waals surface area contributed by atoms with E-state index in [2.05, 4.69) is 0 Å². The Kier molecular flexibility index (Phi) is 4.17. The Labute approximate surface area is 91.5 Å². The topological polar surface area (TPSA) is 92.5 Å². The van der Waals surface area contributed by atoms with Crippen molar-refractivity contribution in [2.45, 2.75) is 18.6 Å². The molecule has 0 aromatic heterocycles. The van der Waals surface area contributed by atoms with Gasteiger partial charge in [-0.25, -0.2) is 8.78 Å². The van der Waals surface area contributed by atoms with E-state index in [-0.39, 0.29) is 24.2 Å². The zero-order valence-electron chi connectivity index (χ0n) is 8.53. The highest BCUT2D eigenvalue weighted by molar-refractivity contribution is 5.43. The number of nitrogen functional groups attached to an aromatic ring is 1. The first-order chi connectivity index (χ1) is 7.49. The molecule has 0 saturated carbocycles. The molecule has 6 N–H and O–H groups in total. The third-order valence-electron chi connectivity index (χ3n) is 2.29. The van der Waals surface area contributed by atoms with Crippen LogP contribution in [0.5, 0.6) is 0 Å². The van der Waals surface area contributed by atoms with E-state index in [1.54, 1.807) is 0 Å². The van der Waals surface area contributed by atoms with Gasteiger partial charge in [0.1, 0.15) is 6.10 Å². The number of aliphatic hydroxyl groups is 2. The van der Waals surface area contributed by atoms with Crippen LogP contribution in [0.4, 0.5) is 14.5 Å². The van der Waals surface area contributed by atoms with Crippen molar-refractivity contribution in [3.05, 3.63) is 29.3 Å². The number of nitrogens with two attached hydrogens (primary N) is 2. The Morgan fingerprint density at radius 3 is 2.38 bits per heavy atom. The molecule has 2 unspecified atom stereocenters. The molecule has 0 aliphatic rings. The average molecular weight is 232 g/mol. The van der Waals surface area contributed by atoms with Crippen LogP contribution in [0.1, 0.15) is 18.1 Å². The lowest BCUT2D eigenvalue weighted by molar-refractivity contribution is 0.0126. The Bertz CT molecular complexity index is 374. The molecular formula is C10H14F2N2O2. The van der Waals surface area contributed by atoms with E-state index in [0.717, 1.165) is 12.1 Å². The third-order valence-corrected chi connectivity index (χ3v) is 2.29. The molecule has 0 saturated heterocycles. The maximum absolute atomic E-state index is 13.4. The summed E-state index contributed by atoms with van der Waals surface area (Å²) in [5, 5.41) is 19.0. The zero-order chi connectivity index (χ0) is 12.3. The van der Waals surface area contributed by atoms with Gasteiger partial charge in [-0.2, -0.15) is 0 Å². The van der Waals surface area contributed by atoms with Crippen LogP contribution in [-0.2, 0) is 0 Å². The molecule has 0 aliphatic carbocycles. The summed E-state index contributed by atoms with van der Waals surface area (Å²) in [5.41, 5.74) is 9.65. The molecule has 1 aromatic rings. The number of anilines is 1. The van der Waals surface area contributed by atoms with Crippen molar-refractivity contribution < 1.29 is 19.0 Å². The van der Waals surface area contributed by atoms with Crippen molar-refractivity contribution in [3.8, 4) is 0 Å². The summed E-state index contributed by atoms with van der Waals surface area (Å²) >= 11 is 0. The molecule has 1 aromatic carbocycles. The highest BCUT2D eigenvalue weighted by Crippen LogP contribution is 2.26. The Balaban J connectivity index is 3.00. The molecular weight excluding hydrogens is 218 g/mol. The summed E-state index contributed by atoms with van der Waals surface area (Å²) in [4.78, 5) is 0. The standard InChI is InChI=1S/C10H14F2N2O2/c11-8-5(1-2-6(14)9(8)12)10(16)7(15)3-4-13/h1-2,7,10,15-16H,3-4,13-14H2. The average Bonchev–Trinajstić information content (AvgIpc) is 2.26. The smallest absolute Gasteiger partial charge is 0.182 e. The van der Waals surface area contributed by atoms with Gasteiger partial charge in [0.05, 0.1) is 11.8 Å². The largest absolute Gasteiger partial charge is 0.396 e. The fourth-order valence-electron chi connectivity index (χ4n) is 1.34. The van der Waals surface area contributed by atoms with Gasteiger partial charge in [-0.3, -0.25) is 0 Å². The minimum absolute atomic E-state index is 0.0899. The van der Waals surface area contributed by atoms with E-state index >= 15 is 0 Å². The molecule has 90 valence electrons. The van der Waals surface area contributed by atoms with Gasteiger partial charge in [-0.05, 0) is 19.0 Å². The molecule has 16 heavy (non-hydrogen) atoms. The number of benzene rings is 1. The third kappa shape index (κ3) is 2.46. The summed E-state index contributed by atoms with van der Waals surface area (Å²) in [7, 11) is 0. The Morgan fingerprint density at radius 2 is 1.81 bits per heavy atom. The highest BCUT2D eigenvalue weighted by Gasteiger charge is 2.23. The molecule has 0 bridgehead atoms. The number of aliphatic hydroxyl groups excluding tert-OH is 2. The van der Waals surface area contributed by atoms with Crippen LogP contribution < -0.4 is 11.5 Å². The summed E-state index contributed by atoms with van der Waals surface area (Å²) in [6.45, 7) is 0.136. The highest BCUT2D eigenvalue weighted by atomic mass is 19.2. The van der Waals surface area contributed by atoms with E-state index in [1.807, 2.05) is 0 Å². The van der Waals surface area contributed by atoms with Gasteiger partial charge in [0.15, 0.2) is 11.6 Å². The molecule has 0 radical (unpaired) electrons. The van der Waals surface area contributed by atoms with Crippen LogP contribution in [0.2, 0.25) is 0 Å². The van der Waals surface area contributed by atoms with Crippen LogP contribution in [0.3, 0.4) is 0 Å². The van der Waals surface area contributed by atoms with Gasteiger partial charge < -0.3 is 21.7 Å². The van der Waals surface area contributed by atoms with Crippen molar-refractivity contribution in [1.29, 1.82) is 0 Å². The first kappa shape index (κ1) is 12.8. The minimum Gasteiger partial charge on any atom is -0.396 e. The summed E-state index contributed by atoms with van der Waals surface area (Å²) < 4.78 is 26.4. The van der Waals surface area contributed by atoms with Crippen LogP contribution in [0.15, 0.2) is 12.1 Å². The van der Waals surface area contributed by atoms with Crippen molar-refractivity contribution in [1.82, 2.24) is 0 Å². The number of halogens is 2. The Morgan fingerprint density at radius 1 is 1.19 bits per heavy atom. The van der Waals surface area contributed by atoms with Gasteiger partial charge in [-0.15, -0.1) is 0 Å². The fourth-order valence-corrected chi connectivity index (χ4v) is 1.34. The molecule has 1 rings (SSSR count). The first-order valence-corrected chi connectivity index (χ1v) is 4.78. The lowest BCUT2D eigenvalue weighted by Crippen LogP contribution is -2.23. The van der Waals surface area contributed by atoms with Crippen molar-refractivity contribution in [3.63, 3.8) is 0 Å². The van der Waals surface area contributed by atoms with Gasteiger partial charge in [0, 0.05) is 5.56 Å². The molecule has 0 heterocycles. The van der Waals surface area contributed by atoms with Gasteiger partial charge in [-0.1, -0.05) is 6.07 Å². The molecule has 6 heteroatoms. The Hall–Kier alpha value is -1.24. The lowest BCUT2D eigenvalue weighted by atomic mass is 10.0. The number of hydrogen-bond acceptors (Lipinski definition) is 4. The minimum atomic E-state index is -1.52. The van der Waals surface area contributed by atoms with Gasteiger partial charge in [0.2, 0.25) is 0 Å². The predicted molar refractivity (Wildman–Crippen MR) is 55.4 cm³/mol. The normalized spacial score (nSPS) is 14.8. The molecule has 4 nitrogen and oxygen atoms in total. The van der Waals surface area contributed by atoms with Crippen LogP contribution in [0, 0.1) is 11.6 Å². The van der Waals surface area contributed by atoms with E-state index in [4.69, 9.17) is 11.5 Å². The summed E-state index contributed by atoms with van der Waals surface area (Å²) in [6.07, 6.45) is -2.66. The predicted octanol–water partition coefficient (Wildman–Crippen LogP) is 0.290. The van der Waals surface area contributed by atoms with E-state index in [9.17, 15) is 19.0 Å². The second-order valence-corrected chi connectivity index (χ2v) is 3.46. The van der Waals surface area contributed by atoms with Gasteiger partial charge >= 0.3 is 0 Å². The van der Waals surface area contributed by atoms with Gasteiger partial charge in [0.25, 0.3) is 0 Å². The van der Waals surface area contributed by atoms with E-state index < -0.39 is 23.8 Å². The van der Waals surface area contributed by atoms with Crippen molar-refractivity contribution in [2.75, 3.05) is 12.3 Å². The lowest BCUT2D eigenvalue weighted by Gasteiger charge is -2.18. The molecule has 0 fully saturated rings.